The quantitative estimate of drug-likeness (QED) is 0.580. The second-order valence-corrected chi connectivity index (χ2v) is 5.32. The molecule has 1 heterocycles. The molecule has 5 heteroatoms. The summed E-state index contributed by atoms with van der Waals surface area (Å²) in [6.45, 7) is 4.34. The molecule has 0 bridgehead atoms. The van der Waals surface area contributed by atoms with E-state index in [0.717, 1.165) is 12.8 Å². The van der Waals surface area contributed by atoms with Crippen molar-refractivity contribution in [1.29, 1.82) is 0 Å². The monoisotopic (exact) mass is 276 g/mol. The number of ether oxygens (including phenoxy) is 2. The van der Waals surface area contributed by atoms with Crippen LogP contribution in [-0.2, 0) is 9.47 Å². The van der Waals surface area contributed by atoms with Crippen molar-refractivity contribution in [1.82, 2.24) is 0 Å². The SMILES string of the molecule is CCCCCCCCO[C@@H]1O[C@@H](C)[C@@H](O)[C@@H](O)[C@@H]1O. The molecule has 1 fully saturated rings. The third-order valence-corrected chi connectivity index (χ3v) is 3.59. The zero-order chi connectivity index (χ0) is 14.3. The van der Waals surface area contributed by atoms with Crippen LogP contribution in [0.1, 0.15) is 52.4 Å². The first-order valence-electron chi connectivity index (χ1n) is 7.39. The van der Waals surface area contributed by atoms with E-state index in [1.54, 1.807) is 6.92 Å². The molecule has 0 saturated carbocycles. The van der Waals surface area contributed by atoms with Crippen LogP contribution in [-0.4, -0.2) is 52.6 Å². The van der Waals surface area contributed by atoms with Crippen LogP contribution in [0.15, 0.2) is 0 Å². The van der Waals surface area contributed by atoms with E-state index >= 15 is 0 Å². The van der Waals surface area contributed by atoms with Crippen molar-refractivity contribution >= 4 is 0 Å². The number of hydrogen-bond acceptors (Lipinski definition) is 5. The smallest absolute Gasteiger partial charge is 0.186 e. The highest BCUT2D eigenvalue weighted by Gasteiger charge is 2.42. The fourth-order valence-electron chi connectivity index (χ4n) is 2.23. The summed E-state index contributed by atoms with van der Waals surface area (Å²) in [5.74, 6) is 0. The summed E-state index contributed by atoms with van der Waals surface area (Å²) in [7, 11) is 0. The lowest BCUT2D eigenvalue weighted by Crippen LogP contribution is -2.57. The lowest BCUT2D eigenvalue weighted by atomic mass is 10.00. The van der Waals surface area contributed by atoms with Crippen molar-refractivity contribution in [3.05, 3.63) is 0 Å². The van der Waals surface area contributed by atoms with E-state index in [1.165, 1.54) is 25.7 Å². The van der Waals surface area contributed by atoms with Crippen LogP contribution >= 0.6 is 0 Å². The fraction of sp³-hybridized carbons (Fsp3) is 1.00. The molecule has 0 aromatic carbocycles. The summed E-state index contributed by atoms with van der Waals surface area (Å²) < 4.78 is 10.8. The van der Waals surface area contributed by atoms with Crippen LogP contribution in [0.4, 0.5) is 0 Å². The minimum absolute atomic E-state index is 0.503. The third-order valence-electron chi connectivity index (χ3n) is 3.59. The Hall–Kier alpha value is -0.200. The van der Waals surface area contributed by atoms with Crippen LogP contribution < -0.4 is 0 Å². The normalized spacial score (nSPS) is 35.5. The lowest BCUT2D eigenvalue weighted by Gasteiger charge is -2.38. The van der Waals surface area contributed by atoms with Gasteiger partial charge in [-0.15, -0.1) is 0 Å². The summed E-state index contributed by atoms with van der Waals surface area (Å²) >= 11 is 0. The molecule has 5 nitrogen and oxygen atoms in total. The lowest BCUT2D eigenvalue weighted by molar-refractivity contribution is -0.293. The van der Waals surface area contributed by atoms with Gasteiger partial charge in [0.05, 0.1) is 6.10 Å². The van der Waals surface area contributed by atoms with Crippen molar-refractivity contribution in [2.45, 2.75) is 83.1 Å². The van der Waals surface area contributed by atoms with Crippen molar-refractivity contribution in [2.75, 3.05) is 6.61 Å². The van der Waals surface area contributed by atoms with Crippen LogP contribution in [0.5, 0.6) is 0 Å². The Bertz CT molecular complexity index is 236. The van der Waals surface area contributed by atoms with Gasteiger partial charge in [-0.3, -0.25) is 0 Å². The first-order valence-corrected chi connectivity index (χ1v) is 7.39. The zero-order valence-electron chi connectivity index (χ0n) is 12.0. The Balaban J connectivity index is 2.15. The number of unbranched alkanes of at least 4 members (excludes halogenated alkanes) is 5. The highest BCUT2D eigenvalue weighted by molar-refractivity contribution is 4.87. The average Bonchev–Trinajstić information content (AvgIpc) is 2.41. The largest absolute Gasteiger partial charge is 0.388 e. The molecular weight excluding hydrogens is 248 g/mol. The first-order chi connectivity index (χ1) is 9.07. The Morgan fingerprint density at radius 1 is 0.895 bits per heavy atom. The predicted molar refractivity (Wildman–Crippen MR) is 71.7 cm³/mol. The standard InChI is InChI=1S/C14H28O5/c1-3-4-5-6-7-8-9-18-14-13(17)12(16)11(15)10(2)19-14/h10-17H,3-9H2,1-2H3/t10-,11+,12+,13-,14+/m0/s1. The van der Waals surface area contributed by atoms with Gasteiger partial charge in [0.15, 0.2) is 6.29 Å². The molecule has 0 aromatic rings. The first kappa shape index (κ1) is 16.9. The molecule has 114 valence electrons. The van der Waals surface area contributed by atoms with E-state index < -0.39 is 30.7 Å². The van der Waals surface area contributed by atoms with E-state index in [1.807, 2.05) is 0 Å². The van der Waals surface area contributed by atoms with Gasteiger partial charge in [0.25, 0.3) is 0 Å². The van der Waals surface area contributed by atoms with E-state index in [9.17, 15) is 15.3 Å². The maximum absolute atomic E-state index is 9.74. The summed E-state index contributed by atoms with van der Waals surface area (Å²) in [4.78, 5) is 0. The summed E-state index contributed by atoms with van der Waals surface area (Å²) in [5.41, 5.74) is 0. The van der Waals surface area contributed by atoms with Crippen molar-refractivity contribution in [3.8, 4) is 0 Å². The molecule has 1 aliphatic heterocycles. The second-order valence-electron chi connectivity index (χ2n) is 5.32. The molecule has 1 saturated heterocycles. The van der Waals surface area contributed by atoms with Crippen LogP contribution in [0.3, 0.4) is 0 Å². The maximum Gasteiger partial charge on any atom is 0.186 e. The molecular formula is C14H28O5. The Kier molecular flexibility index (Phi) is 7.87. The van der Waals surface area contributed by atoms with Gasteiger partial charge in [-0.05, 0) is 13.3 Å². The van der Waals surface area contributed by atoms with Gasteiger partial charge in [0.1, 0.15) is 18.3 Å². The number of rotatable bonds is 8. The maximum atomic E-state index is 9.74. The van der Waals surface area contributed by atoms with Crippen LogP contribution in [0, 0.1) is 0 Å². The van der Waals surface area contributed by atoms with Gasteiger partial charge in [0, 0.05) is 6.61 Å². The summed E-state index contributed by atoms with van der Waals surface area (Å²) in [6, 6.07) is 0. The molecule has 1 aliphatic rings. The van der Waals surface area contributed by atoms with Crippen molar-refractivity contribution < 1.29 is 24.8 Å². The molecule has 3 N–H and O–H groups in total. The van der Waals surface area contributed by atoms with Crippen LogP contribution in [0.2, 0.25) is 0 Å². The highest BCUT2D eigenvalue weighted by Crippen LogP contribution is 2.22. The highest BCUT2D eigenvalue weighted by atomic mass is 16.7. The molecule has 0 unspecified atom stereocenters. The van der Waals surface area contributed by atoms with Crippen molar-refractivity contribution in [3.63, 3.8) is 0 Å². The minimum Gasteiger partial charge on any atom is -0.388 e. The predicted octanol–water partition coefficient (Wildman–Crippen LogP) is 1.19. The van der Waals surface area contributed by atoms with E-state index in [0.29, 0.717) is 6.61 Å². The molecule has 0 radical (unpaired) electrons. The van der Waals surface area contributed by atoms with Gasteiger partial charge in [0.2, 0.25) is 0 Å². The molecule has 5 atom stereocenters. The van der Waals surface area contributed by atoms with Gasteiger partial charge in [-0.2, -0.15) is 0 Å². The molecule has 0 spiro atoms. The number of aliphatic hydroxyl groups excluding tert-OH is 3. The summed E-state index contributed by atoms with van der Waals surface area (Å²) in [6.07, 6.45) is 2.13. The zero-order valence-corrected chi connectivity index (χ0v) is 12.0. The number of aliphatic hydroxyl groups is 3. The minimum atomic E-state index is -1.21. The summed E-state index contributed by atoms with van der Waals surface area (Å²) in [5, 5.41) is 28.9. The Labute approximate surface area is 115 Å². The molecule has 0 aliphatic carbocycles. The van der Waals surface area contributed by atoms with Crippen LogP contribution in [0.25, 0.3) is 0 Å². The fourth-order valence-corrected chi connectivity index (χ4v) is 2.23. The molecule has 0 amide bonds. The van der Waals surface area contributed by atoms with Crippen molar-refractivity contribution in [2.24, 2.45) is 0 Å². The van der Waals surface area contributed by atoms with Gasteiger partial charge >= 0.3 is 0 Å². The van der Waals surface area contributed by atoms with Gasteiger partial charge in [-0.25, -0.2) is 0 Å². The molecule has 1 rings (SSSR count). The topological polar surface area (TPSA) is 79.2 Å². The van der Waals surface area contributed by atoms with E-state index in [2.05, 4.69) is 6.92 Å². The number of hydrogen-bond donors (Lipinski definition) is 3. The van der Waals surface area contributed by atoms with E-state index in [-0.39, 0.29) is 0 Å². The Morgan fingerprint density at radius 2 is 1.53 bits per heavy atom. The average molecular weight is 276 g/mol. The molecule has 19 heavy (non-hydrogen) atoms. The second kappa shape index (κ2) is 8.87. The third kappa shape index (κ3) is 5.36. The van der Waals surface area contributed by atoms with E-state index in [4.69, 9.17) is 9.47 Å². The molecule has 0 aromatic heterocycles. The van der Waals surface area contributed by atoms with Gasteiger partial charge < -0.3 is 24.8 Å². The Morgan fingerprint density at radius 3 is 2.21 bits per heavy atom. The van der Waals surface area contributed by atoms with Gasteiger partial charge in [-0.1, -0.05) is 39.0 Å².